The highest BCUT2D eigenvalue weighted by Gasteiger charge is 2.12. The fourth-order valence-electron chi connectivity index (χ4n) is 1.55. The van der Waals surface area contributed by atoms with Gasteiger partial charge < -0.3 is 15.5 Å². The van der Waals surface area contributed by atoms with E-state index in [9.17, 15) is 4.79 Å². The van der Waals surface area contributed by atoms with Crippen LogP contribution in [0.1, 0.15) is 12.8 Å². The maximum Gasteiger partial charge on any atom is 0.217 e. The quantitative estimate of drug-likeness (QED) is 0.791. The van der Waals surface area contributed by atoms with Crippen LogP contribution in [0.3, 0.4) is 0 Å². The summed E-state index contributed by atoms with van der Waals surface area (Å²) in [6.45, 7) is 5.52. The lowest BCUT2D eigenvalue weighted by molar-refractivity contribution is -0.118. The van der Waals surface area contributed by atoms with E-state index in [-0.39, 0.29) is 30.7 Å². The number of carbonyl (C=O) groups excluding carboxylic acids is 1. The van der Waals surface area contributed by atoms with Gasteiger partial charge in [-0.2, -0.15) is 0 Å². The topological polar surface area (TPSA) is 49.6 Å². The summed E-state index contributed by atoms with van der Waals surface area (Å²) in [7, 11) is 2.14. The third kappa shape index (κ3) is 7.85. The number of amides is 1. The maximum atomic E-state index is 10.5. The molecule has 1 saturated heterocycles. The molecule has 1 aliphatic heterocycles. The smallest absolute Gasteiger partial charge is 0.217 e. The van der Waals surface area contributed by atoms with E-state index < -0.39 is 0 Å². The third-order valence-electron chi connectivity index (χ3n) is 2.49. The number of primary amides is 1. The van der Waals surface area contributed by atoms with Crippen LogP contribution in [0.5, 0.6) is 0 Å². The van der Waals surface area contributed by atoms with E-state index in [2.05, 4.69) is 16.8 Å². The minimum atomic E-state index is -0.186. The van der Waals surface area contributed by atoms with Crippen molar-refractivity contribution in [2.24, 2.45) is 5.73 Å². The van der Waals surface area contributed by atoms with Crippen LogP contribution in [0.25, 0.3) is 0 Å². The number of likely N-dealkylation sites (N-methyl/N-ethyl adjacent to an activating group) is 1. The van der Waals surface area contributed by atoms with Crippen LogP contribution in [-0.2, 0) is 4.79 Å². The van der Waals surface area contributed by atoms with Gasteiger partial charge in [0.1, 0.15) is 0 Å². The van der Waals surface area contributed by atoms with Crippen molar-refractivity contribution in [2.75, 3.05) is 39.8 Å². The minimum Gasteiger partial charge on any atom is -0.370 e. The Morgan fingerprint density at radius 1 is 1.20 bits per heavy atom. The Hall–Kier alpha value is -0.0300. The molecule has 1 fully saturated rings. The highest BCUT2D eigenvalue weighted by Crippen LogP contribution is 2.00. The highest BCUT2D eigenvalue weighted by atomic mass is 35.5. The Bertz CT molecular complexity index is 173. The second-order valence-electron chi connectivity index (χ2n) is 3.71. The van der Waals surface area contributed by atoms with Gasteiger partial charge in [0.15, 0.2) is 0 Å². The number of carbonyl (C=O) groups is 1. The Balaban J connectivity index is 0. The molecule has 0 aliphatic carbocycles. The minimum absolute atomic E-state index is 0. The molecule has 0 aromatic heterocycles. The van der Waals surface area contributed by atoms with Crippen LogP contribution in [0, 0.1) is 0 Å². The lowest BCUT2D eigenvalue weighted by Crippen LogP contribution is -2.44. The first kappa shape index (κ1) is 17.4. The standard InChI is InChI=1S/C9H19N3O.2ClH/c1-11-5-7-12(8-6-11)4-2-3-9(10)13;;/h2-8H2,1H3,(H2,10,13);2*1H. The number of rotatable bonds is 4. The van der Waals surface area contributed by atoms with E-state index in [1.807, 2.05) is 0 Å². The first-order valence-corrected chi connectivity index (χ1v) is 4.87. The van der Waals surface area contributed by atoms with Crippen molar-refractivity contribution in [2.45, 2.75) is 12.8 Å². The van der Waals surface area contributed by atoms with Gasteiger partial charge in [0.2, 0.25) is 5.91 Å². The van der Waals surface area contributed by atoms with Crippen LogP contribution in [-0.4, -0.2) is 55.5 Å². The van der Waals surface area contributed by atoms with Crippen molar-refractivity contribution >= 4 is 30.7 Å². The summed E-state index contributed by atoms with van der Waals surface area (Å²) < 4.78 is 0. The average molecular weight is 258 g/mol. The molecular formula is C9H21Cl2N3O. The molecule has 2 N–H and O–H groups in total. The number of nitrogens with zero attached hydrogens (tertiary/aromatic N) is 2. The highest BCUT2D eigenvalue weighted by molar-refractivity contribution is 5.85. The summed E-state index contributed by atoms with van der Waals surface area (Å²) in [4.78, 5) is 15.2. The Morgan fingerprint density at radius 2 is 1.73 bits per heavy atom. The molecule has 1 heterocycles. The van der Waals surface area contributed by atoms with Gasteiger partial charge >= 0.3 is 0 Å². The molecule has 6 heteroatoms. The van der Waals surface area contributed by atoms with Crippen molar-refractivity contribution in [1.29, 1.82) is 0 Å². The Labute approximate surface area is 104 Å². The molecule has 0 spiro atoms. The summed E-state index contributed by atoms with van der Waals surface area (Å²) in [5.41, 5.74) is 5.06. The zero-order valence-corrected chi connectivity index (χ0v) is 10.8. The van der Waals surface area contributed by atoms with Gasteiger partial charge in [-0.05, 0) is 20.0 Å². The van der Waals surface area contributed by atoms with Crippen molar-refractivity contribution in [1.82, 2.24) is 9.80 Å². The van der Waals surface area contributed by atoms with E-state index in [0.717, 1.165) is 39.1 Å². The predicted molar refractivity (Wildman–Crippen MR) is 66.9 cm³/mol. The first-order chi connectivity index (χ1) is 6.18. The van der Waals surface area contributed by atoms with Crippen molar-refractivity contribution in [3.63, 3.8) is 0 Å². The second-order valence-corrected chi connectivity index (χ2v) is 3.71. The Morgan fingerprint density at radius 3 is 2.20 bits per heavy atom. The largest absolute Gasteiger partial charge is 0.370 e. The molecule has 0 atom stereocenters. The van der Waals surface area contributed by atoms with Crippen molar-refractivity contribution < 1.29 is 4.79 Å². The molecule has 0 bridgehead atoms. The van der Waals surface area contributed by atoms with E-state index in [1.165, 1.54) is 0 Å². The molecule has 0 saturated carbocycles. The lowest BCUT2D eigenvalue weighted by Gasteiger charge is -2.32. The van der Waals surface area contributed by atoms with E-state index in [4.69, 9.17) is 5.73 Å². The maximum absolute atomic E-state index is 10.5. The molecule has 1 rings (SSSR count). The molecule has 1 aliphatic rings. The van der Waals surface area contributed by atoms with Crippen LogP contribution in [0.15, 0.2) is 0 Å². The third-order valence-corrected chi connectivity index (χ3v) is 2.49. The zero-order chi connectivity index (χ0) is 9.68. The van der Waals surface area contributed by atoms with Crippen LogP contribution >= 0.6 is 24.8 Å². The molecule has 0 aromatic carbocycles. The van der Waals surface area contributed by atoms with E-state index in [1.54, 1.807) is 0 Å². The van der Waals surface area contributed by atoms with Gasteiger partial charge in [0.25, 0.3) is 0 Å². The van der Waals surface area contributed by atoms with E-state index >= 15 is 0 Å². The van der Waals surface area contributed by atoms with Crippen LogP contribution in [0.2, 0.25) is 0 Å². The molecule has 92 valence electrons. The number of nitrogens with two attached hydrogens (primary N) is 1. The van der Waals surface area contributed by atoms with E-state index in [0.29, 0.717) is 6.42 Å². The second kappa shape index (κ2) is 9.21. The lowest BCUT2D eigenvalue weighted by atomic mass is 10.2. The summed E-state index contributed by atoms with van der Waals surface area (Å²) in [5.74, 6) is -0.186. The molecule has 0 unspecified atom stereocenters. The fraction of sp³-hybridized carbons (Fsp3) is 0.889. The predicted octanol–water partition coefficient (Wildman–Crippen LogP) is 0.343. The summed E-state index contributed by atoms with van der Waals surface area (Å²) in [5, 5.41) is 0. The van der Waals surface area contributed by atoms with Crippen molar-refractivity contribution in [3.05, 3.63) is 0 Å². The zero-order valence-electron chi connectivity index (χ0n) is 9.15. The number of halogens is 2. The average Bonchev–Trinajstić information content (AvgIpc) is 2.08. The number of hydrogen-bond donors (Lipinski definition) is 1. The summed E-state index contributed by atoms with van der Waals surface area (Å²) in [6.07, 6.45) is 1.42. The SMILES string of the molecule is CN1CCN(CCCC(N)=O)CC1.Cl.Cl. The van der Waals surface area contributed by atoms with Gasteiger partial charge in [-0.15, -0.1) is 24.8 Å². The molecule has 4 nitrogen and oxygen atoms in total. The van der Waals surface area contributed by atoms with Gasteiger partial charge in [-0.1, -0.05) is 0 Å². The Kier molecular flexibility index (Phi) is 10.7. The monoisotopic (exact) mass is 257 g/mol. The van der Waals surface area contributed by atoms with Crippen molar-refractivity contribution in [3.8, 4) is 0 Å². The number of hydrogen-bond acceptors (Lipinski definition) is 3. The summed E-state index contributed by atoms with van der Waals surface area (Å²) in [6, 6.07) is 0. The molecule has 0 aromatic rings. The number of piperazine rings is 1. The van der Waals surface area contributed by atoms with Gasteiger partial charge in [0.05, 0.1) is 0 Å². The van der Waals surface area contributed by atoms with Gasteiger partial charge in [-0.3, -0.25) is 4.79 Å². The van der Waals surface area contributed by atoms with Gasteiger partial charge in [-0.25, -0.2) is 0 Å². The first-order valence-electron chi connectivity index (χ1n) is 4.87. The summed E-state index contributed by atoms with van der Waals surface area (Å²) >= 11 is 0. The van der Waals surface area contributed by atoms with Crippen LogP contribution in [0.4, 0.5) is 0 Å². The molecule has 15 heavy (non-hydrogen) atoms. The van der Waals surface area contributed by atoms with Crippen LogP contribution < -0.4 is 5.73 Å². The molecule has 1 amide bonds. The fourth-order valence-corrected chi connectivity index (χ4v) is 1.55. The molecular weight excluding hydrogens is 237 g/mol. The normalized spacial score (nSPS) is 17.7. The molecule has 0 radical (unpaired) electrons. The van der Waals surface area contributed by atoms with Gasteiger partial charge in [0, 0.05) is 32.6 Å².